The molecule has 0 radical (unpaired) electrons. The van der Waals surface area contributed by atoms with Crippen molar-refractivity contribution < 1.29 is 0 Å². The zero-order valence-corrected chi connectivity index (χ0v) is 15.1. The van der Waals surface area contributed by atoms with E-state index in [2.05, 4.69) is 62.7 Å². The molecule has 1 rings (SSSR count). The molecule has 122 valence electrons. The minimum absolute atomic E-state index is 0.706. The third kappa shape index (κ3) is 8.16. The molecule has 22 heavy (non-hydrogen) atoms. The maximum Gasteiger partial charge on any atom is 0.0230 e. The summed E-state index contributed by atoms with van der Waals surface area (Å²) in [5.74, 6) is 0.706. The average molecular weight is 318 g/mol. The number of rotatable bonds is 10. The smallest absolute Gasteiger partial charge is 0.0230 e. The molecule has 1 heterocycles. The highest BCUT2D eigenvalue weighted by molar-refractivity contribution is 7.10. The lowest BCUT2D eigenvalue weighted by atomic mass is 9.97. The quantitative estimate of drug-likeness (QED) is 0.375. The number of allylic oxidation sites excluding steroid dienone is 2. The van der Waals surface area contributed by atoms with Gasteiger partial charge in [-0.05, 0) is 49.4 Å². The highest BCUT2D eigenvalue weighted by Crippen LogP contribution is 2.28. The van der Waals surface area contributed by atoms with Crippen LogP contribution in [0, 0.1) is 0 Å². The van der Waals surface area contributed by atoms with Gasteiger partial charge in [0.1, 0.15) is 0 Å². The van der Waals surface area contributed by atoms with Crippen LogP contribution in [-0.2, 0) is 0 Å². The van der Waals surface area contributed by atoms with Crippen LogP contribution < -0.4 is 0 Å². The molecule has 0 aliphatic carbocycles. The first-order valence-electron chi connectivity index (χ1n) is 7.87. The first-order valence-corrected chi connectivity index (χ1v) is 8.75. The Morgan fingerprint density at radius 3 is 2.55 bits per heavy atom. The van der Waals surface area contributed by atoms with Crippen molar-refractivity contribution in [2.24, 2.45) is 0 Å². The molecule has 0 aliphatic heterocycles. The number of hydrogen-bond acceptors (Lipinski definition) is 2. The number of likely N-dealkylation sites (N-methyl/N-ethyl adjacent to an activating group) is 1. The fourth-order valence-corrected chi connectivity index (χ4v) is 3.30. The molecule has 1 atom stereocenters. The monoisotopic (exact) mass is 317 g/mol. The normalized spacial score (nSPS) is 12.4. The number of thiophene rings is 1. The van der Waals surface area contributed by atoms with Gasteiger partial charge in [-0.3, -0.25) is 0 Å². The van der Waals surface area contributed by atoms with Crippen LogP contribution in [0.4, 0.5) is 0 Å². The molecule has 1 nitrogen and oxygen atoms in total. The molecule has 0 saturated heterocycles. The van der Waals surface area contributed by atoms with Gasteiger partial charge in [-0.25, -0.2) is 0 Å². The lowest BCUT2D eigenvalue weighted by Gasteiger charge is -2.21. The van der Waals surface area contributed by atoms with E-state index >= 15 is 0 Å². The van der Waals surface area contributed by atoms with E-state index in [4.69, 9.17) is 0 Å². The molecule has 0 saturated carbocycles. The second-order valence-electron chi connectivity index (χ2n) is 5.21. The number of hydrogen-bond donors (Lipinski definition) is 0. The van der Waals surface area contributed by atoms with Gasteiger partial charge < -0.3 is 4.90 Å². The van der Waals surface area contributed by atoms with E-state index < -0.39 is 0 Å². The molecule has 0 aliphatic rings. The molecule has 1 aromatic rings. The standard InChI is InChI=1S/C18H27NS.C2H4/c1-5-9-16(7-3)15-19(4)13-12-17(10-6-2)18-11-8-14-20-18;1-2/h5,7-9,11,14,17H,1,3,6,10,12-13,15H2,2,4H3;1-2H2/b16-9+;. The van der Waals surface area contributed by atoms with Crippen molar-refractivity contribution in [1.82, 2.24) is 4.90 Å². The van der Waals surface area contributed by atoms with Gasteiger partial charge >= 0.3 is 0 Å². The fourth-order valence-electron chi connectivity index (χ4n) is 2.40. The van der Waals surface area contributed by atoms with Gasteiger partial charge in [-0.1, -0.05) is 50.8 Å². The van der Waals surface area contributed by atoms with E-state index in [9.17, 15) is 0 Å². The topological polar surface area (TPSA) is 3.24 Å². The van der Waals surface area contributed by atoms with Crippen LogP contribution in [0.2, 0.25) is 0 Å². The Morgan fingerprint density at radius 1 is 1.32 bits per heavy atom. The highest BCUT2D eigenvalue weighted by atomic mass is 32.1. The molecular weight excluding hydrogens is 286 g/mol. The fraction of sp³-hybridized carbons (Fsp3) is 0.400. The predicted molar refractivity (Wildman–Crippen MR) is 104 cm³/mol. The average Bonchev–Trinajstić information content (AvgIpc) is 3.07. The summed E-state index contributed by atoms with van der Waals surface area (Å²) in [6.45, 7) is 17.9. The molecule has 0 aromatic carbocycles. The predicted octanol–water partition coefficient (Wildman–Crippen LogP) is 6.05. The summed E-state index contributed by atoms with van der Waals surface area (Å²) in [5.41, 5.74) is 1.23. The Hall–Kier alpha value is -1.38. The SMILES string of the molecule is C=C.C=C/C=C(\C=C)CN(C)CCC(CCC)c1cccs1. The van der Waals surface area contributed by atoms with E-state index in [0.29, 0.717) is 5.92 Å². The van der Waals surface area contributed by atoms with Gasteiger partial charge in [-0.15, -0.1) is 24.5 Å². The summed E-state index contributed by atoms with van der Waals surface area (Å²) in [6.07, 6.45) is 9.54. The van der Waals surface area contributed by atoms with Crippen molar-refractivity contribution in [2.45, 2.75) is 32.1 Å². The van der Waals surface area contributed by atoms with Crippen molar-refractivity contribution in [2.75, 3.05) is 20.1 Å². The molecule has 0 spiro atoms. The van der Waals surface area contributed by atoms with E-state index in [1.165, 1.54) is 29.7 Å². The lowest BCUT2D eigenvalue weighted by molar-refractivity contribution is 0.340. The van der Waals surface area contributed by atoms with E-state index in [1.54, 1.807) is 0 Å². The first-order chi connectivity index (χ1) is 10.7. The van der Waals surface area contributed by atoms with Crippen LogP contribution in [0.25, 0.3) is 0 Å². The zero-order chi connectivity index (χ0) is 16.8. The Morgan fingerprint density at radius 2 is 2.05 bits per heavy atom. The van der Waals surface area contributed by atoms with Crippen LogP contribution in [0.1, 0.15) is 37.0 Å². The molecule has 1 unspecified atom stereocenters. The summed E-state index contributed by atoms with van der Waals surface area (Å²) < 4.78 is 0. The molecule has 0 N–H and O–H groups in total. The Labute approximate surface area is 141 Å². The third-order valence-corrected chi connectivity index (χ3v) is 4.52. The molecule has 0 fully saturated rings. The van der Waals surface area contributed by atoms with Gasteiger partial charge in [0.15, 0.2) is 0 Å². The van der Waals surface area contributed by atoms with Crippen LogP contribution in [0.3, 0.4) is 0 Å². The molecular formula is C20H31NS. The summed E-state index contributed by atoms with van der Waals surface area (Å²) in [4.78, 5) is 3.90. The second-order valence-corrected chi connectivity index (χ2v) is 6.19. The Balaban J connectivity index is 0.00000211. The lowest BCUT2D eigenvalue weighted by Crippen LogP contribution is -2.23. The van der Waals surface area contributed by atoms with Gasteiger partial charge in [0, 0.05) is 11.4 Å². The van der Waals surface area contributed by atoms with Gasteiger partial charge in [-0.2, -0.15) is 0 Å². The van der Waals surface area contributed by atoms with E-state index in [1.807, 2.05) is 29.6 Å². The molecule has 2 heteroatoms. The third-order valence-electron chi connectivity index (χ3n) is 3.49. The van der Waals surface area contributed by atoms with Crippen LogP contribution in [0.5, 0.6) is 0 Å². The maximum absolute atomic E-state index is 3.86. The molecule has 0 bridgehead atoms. The second kappa shape index (κ2) is 13.3. The number of nitrogens with zero attached hydrogens (tertiary/aromatic N) is 1. The molecule has 1 aromatic heterocycles. The Kier molecular flexibility index (Phi) is 12.5. The molecule has 0 amide bonds. The van der Waals surface area contributed by atoms with Crippen molar-refractivity contribution in [3.8, 4) is 0 Å². The van der Waals surface area contributed by atoms with E-state index in [-0.39, 0.29) is 0 Å². The van der Waals surface area contributed by atoms with Crippen LogP contribution >= 0.6 is 11.3 Å². The van der Waals surface area contributed by atoms with Gasteiger partial charge in [0.2, 0.25) is 0 Å². The largest absolute Gasteiger partial charge is 0.302 e. The van der Waals surface area contributed by atoms with Gasteiger partial charge in [0.05, 0.1) is 0 Å². The summed E-state index contributed by atoms with van der Waals surface area (Å²) in [5, 5.41) is 2.18. The highest BCUT2D eigenvalue weighted by Gasteiger charge is 2.12. The van der Waals surface area contributed by atoms with Crippen molar-refractivity contribution in [1.29, 1.82) is 0 Å². The summed E-state index contributed by atoms with van der Waals surface area (Å²) in [7, 11) is 2.18. The van der Waals surface area contributed by atoms with Crippen molar-refractivity contribution >= 4 is 11.3 Å². The minimum Gasteiger partial charge on any atom is -0.302 e. The van der Waals surface area contributed by atoms with Crippen LogP contribution in [0.15, 0.2) is 67.6 Å². The Bertz CT molecular complexity index is 431. The maximum atomic E-state index is 3.86. The van der Waals surface area contributed by atoms with Crippen molar-refractivity contribution in [3.63, 3.8) is 0 Å². The van der Waals surface area contributed by atoms with Gasteiger partial charge in [0.25, 0.3) is 0 Å². The van der Waals surface area contributed by atoms with Crippen LogP contribution in [-0.4, -0.2) is 25.0 Å². The first kappa shape index (κ1) is 20.6. The minimum atomic E-state index is 0.706. The zero-order valence-electron chi connectivity index (χ0n) is 14.3. The summed E-state index contributed by atoms with van der Waals surface area (Å²) >= 11 is 1.89. The summed E-state index contributed by atoms with van der Waals surface area (Å²) in [6, 6.07) is 4.44. The van der Waals surface area contributed by atoms with E-state index in [0.717, 1.165) is 13.1 Å². The van der Waals surface area contributed by atoms with Crippen molar-refractivity contribution in [3.05, 3.63) is 72.5 Å².